The van der Waals surface area contributed by atoms with Crippen LogP contribution in [0.25, 0.3) is 49.7 Å². The van der Waals surface area contributed by atoms with Crippen molar-refractivity contribution in [1.82, 2.24) is 4.57 Å². The SMILES string of the molecule is CC(C)(C)c1cccc(-n2c3ccccc3c3ccc(Oc4cccc(Nc5ccccc5Nc5c(-c6cc(C(C)(C)C)ccc6C(C)(C)C)cc(C(C)(C)C)cc5-c5cc(C(C)(C)C)ccc5C(C)(C)C)c4)cc32)c1. The van der Waals surface area contributed by atoms with Gasteiger partial charge in [0.25, 0.3) is 0 Å². The van der Waals surface area contributed by atoms with E-state index in [9.17, 15) is 0 Å². The molecule has 0 radical (unpaired) electrons. The molecule has 0 spiro atoms. The molecule has 0 fully saturated rings. The van der Waals surface area contributed by atoms with Crippen molar-refractivity contribution in [1.29, 1.82) is 0 Å². The summed E-state index contributed by atoms with van der Waals surface area (Å²) < 4.78 is 9.17. The summed E-state index contributed by atoms with van der Waals surface area (Å²) in [5.41, 5.74) is 19.6. The van der Waals surface area contributed by atoms with Gasteiger partial charge in [0.05, 0.1) is 28.1 Å². The van der Waals surface area contributed by atoms with Crippen LogP contribution in [0.1, 0.15) is 158 Å². The molecule has 0 amide bonds. The summed E-state index contributed by atoms with van der Waals surface area (Å²) in [5, 5.41) is 10.5. The molecule has 8 aromatic carbocycles. The summed E-state index contributed by atoms with van der Waals surface area (Å²) in [6.07, 6.45) is 0. The van der Waals surface area contributed by atoms with Crippen molar-refractivity contribution in [2.75, 3.05) is 10.6 Å². The summed E-state index contributed by atoms with van der Waals surface area (Å²) in [6.45, 7) is 41.8. The second-order valence-corrected chi connectivity index (χ2v) is 27.5. The fraction of sp³-hybridized carbons (Fsp3) is 0.333. The quantitative estimate of drug-likeness (QED) is 0.151. The molecule has 0 saturated carbocycles. The van der Waals surface area contributed by atoms with E-state index >= 15 is 0 Å². The Morgan fingerprint density at radius 3 is 1.36 bits per heavy atom. The Bertz CT molecular complexity index is 3520. The highest BCUT2D eigenvalue weighted by molar-refractivity contribution is 6.09. The maximum atomic E-state index is 6.80. The molecule has 4 heteroatoms. The van der Waals surface area contributed by atoms with Crippen molar-refractivity contribution in [2.45, 2.75) is 157 Å². The highest BCUT2D eigenvalue weighted by Gasteiger charge is 2.30. The summed E-state index contributed by atoms with van der Waals surface area (Å²) in [7, 11) is 0. The molecule has 2 N–H and O–H groups in total. The van der Waals surface area contributed by atoms with Crippen LogP contribution < -0.4 is 15.4 Å². The fourth-order valence-electron chi connectivity index (χ4n) is 10.6. The third-order valence-electron chi connectivity index (χ3n) is 15.1. The van der Waals surface area contributed by atoms with Crippen LogP contribution in [0.3, 0.4) is 0 Å². The lowest BCUT2D eigenvalue weighted by Gasteiger charge is -2.32. The second-order valence-electron chi connectivity index (χ2n) is 27.5. The maximum absolute atomic E-state index is 6.80. The summed E-state index contributed by atoms with van der Waals surface area (Å²) in [4.78, 5) is 0. The highest BCUT2D eigenvalue weighted by Crippen LogP contribution is 2.50. The molecular formula is C72H83N3O. The van der Waals surface area contributed by atoms with E-state index in [2.05, 4.69) is 298 Å². The van der Waals surface area contributed by atoms with E-state index in [0.29, 0.717) is 0 Å². The van der Waals surface area contributed by atoms with E-state index in [4.69, 9.17) is 4.74 Å². The number of anilines is 4. The predicted molar refractivity (Wildman–Crippen MR) is 330 cm³/mol. The number of ether oxygens (including phenoxy) is 1. The summed E-state index contributed by atoms with van der Waals surface area (Å²) in [6, 6.07) is 60.4. The number of nitrogens with zero attached hydrogens (tertiary/aromatic N) is 1. The molecule has 392 valence electrons. The number of aromatic nitrogens is 1. The monoisotopic (exact) mass is 1010 g/mol. The lowest BCUT2D eigenvalue weighted by atomic mass is 9.74. The molecule has 0 unspecified atom stereocenters. The van der Waals surface area contributed by atoms with E-state index in [0.717, 1.165) is 45.5 Å². The van der Waals surface area contributed by atoms with Gasteiger partial charge in [-0.25, -0.2) is 0 Å². The van der Waals surface area contributed by atoms with Gasteiger partial charge in [0, 0.05) is 45.4 Å². The van der Waals surface area contributed by atoms with Crippen molar-refractivity contribution in [3.8, 4) is 39.4 Å². The first kappa shape index (κ1) is 53.8. The first-order valence-electron chi connectivity index (χ1n) is 27.5. The van der Waals surface area contributed by atoms with E-state index in [-0.39, 0.29) is 32.5 Å². The summed E-state index contributed by atoms with van der Waals surface area (Å²) in [5.74, 6) is 1.52. The number of hydrogen-bond acceptors (Lipinski definition) is 3. The zero-order chi connectivity index (χ0) is 54.9. The predicted octanol–water partition coefficient (Wildman–Crippen LogP) is 21.2. The fourth-order valence-corrected chi connectivity index (χ4v) is 10.6. The van der Waals surface area contributed by atoms with Gasteiger partial charge in [0.15, 0.2) is 0 Å². The Hall–Kier alpha value is -7.04. The van der Waals surface area contributed by atoms with Crippen molar-refractivity contribution in [2.24, 2.45) is 0 Å². The zero-order valence-electron chi connectivity index (χ0n) is 48.9. The van der Waals surface area contributed by atoms with Gasteiger partial charge in [-0.3, -0.25) is 0 Å². The Morgan fingerprint density at radius 2 is 0.803 bits per heavy atom. The number of nitrogens with one attached hydrogen (secondary N) is 2. The second kappa shape index (κ2) is 19.5. The third-order valence-corrected chi connectivity index (χ3v) is 15.1. The molecule has 9 rings (SSSR count). The Balaban J connectivity index is 1.17. The standard InChI is InChI=1S/C72H83N3O/c1-67(2,3)46-25-23-27-51(39-46)75-64-32-22-19-29-54(64)55-36-35-53(45-65(55)75)76-52-28-24-26-50(44-52)73-62-30-20-21-31-63(62)74-66-58(56-40-47(68(4,5)6)33-37-60(56)71(13,14)15)42-49(70(10,11)12)43-59(66)57-41-48(69(7,8)9)34-38-61(57)72(16,17)18/h19-45,73-74H,1-18H3. The lowest BCUT2D eigenvalue weighted by Crippen LogP contribution is -2.18. The topological polar surface area (TPSA) is 38.2 Å². The van der Waals surface area contributed by atoms with Crippen LogP contribution in [-0.2, 0) is 32.5 Å². The van der Waals surface area contributed by atoms with Gasteiger partial charge >= 0.3 is 0 Å². The van der Waals surface area contributed by atoms with Crippen molar-refractivity contribution < 1.29 is 4.74 Å². The van der Waals surface area contributed by atoms with Gasteiger partial charge < -0.3 is 19.9 Å². The molecule has 76 heavy (non-hydrogen) atoms. The molecule has 9 aromatic rings. The Morgan fingerprint density at radius 1 is 0.329 bits per heavy atom. The van der Waals surface area contributed by atoms with Crippen molar-refractivity contribution in [3.63, 3.8) is 0 Å². The van der Waals surface area contributed by atoms with Crippen LogP contribution in [0, 0.1) is 0 Å². The minimum absolute atomic E-state index is 0.0197. The van der Waals surface area contributed by atoms with E-state index in [1.807, 2.05) is 6.07 Å². The van der Waals surface area contributed by atoms with Crippen molar-refractivity contribution in [3.05, 3.63) is 197 Å². The average molecular weight is 1010 g/mol. The van der Waals surface area contributed by atoms with Crippen LogP contribution >= 0.6 is 0 Å². The van der Waals surface area contributed by atoms with Crippen LogP contribution in [0.15, 0.2) is 164 Å². The lowest BCUT2D eigenvalue weighted by molar-refractivity contribution is 0.483. The largest absolute Gasteiger partial charge is 0.457 e. The van der Waals surface area contributed by atoms with Gasteiger partial charge in [0.2, 0.25) is 0 Å². The zero-order valence-corrected chi connectivity index (χ0v) is 48.9. The first-order chi connectivity index (χ1) is 35.4. The molecular weight excluding hydrogens is 923 g/mol. The number of benzene rings is 8. The van der Waals surface area contributed by atoms with E-state index in [1.165, 1.54) is 71.9 Å². The molecule has 0 saturated heterocycles. The number of hydrogen-bond donors (Lipinski definition) is 2. The first-order valence-corrected chi connectivity index (χ1v) is 27.5. The van der Waals surface area contributed by atoms with E-state index < -0.39 is 0 Å². The Kier molecular flexibility index (Phi) is 13.8. The van der Waals surface area contributed by atoms with Crippen LogP contribution in [0.2, 0.25) is 0 Å². The number of rotatable bonds is 9. The highest BCUT2D eigenvalue weighted by atomic mass is 16.5. The molecule has 0 aliphatic carbocycles. The normalized spacial score (nSPS) is 12.9. The van der Waals surface area contributed by atoms with Crippen molar-refractivity contribution >= 4 is 44.6 Å². The Labute approximate surface area is 456 Å². The molecule has 0 aliphatic rings. The average Bonchev–Trinajstić information content (AvgIpc) is 3.67. The minimum Gasteiger partial charge on any atom is -0.457 e. The van der Waals surface area contributed by atoms with Crippen LogP contribution in [0.5, 0.6) is 11.5 Å². The minimum atomic E-state index is -0.135. The molecule has 1 heterocycles. The summed E-state index contributed by atoms with van der Waals surface area (Å²) >= 11 is 0. The third kappa shape index (κ3) is 11.1. The van der Waals surface area contributed by atoms with E-state index in [1.54, 1.807) is 0 Å². The van der Waals surface area contributed by atoms with Gasteiger partial charge in [-0.1, -0.05) is 210 Å². The molecule has 0 aliphatic heterocycles. The van der Waals surface area contributed by atoms with Gasteiger partial charge in [-0.15, -0.1) is 0 Å². The van der Waals surface area contributed by atoms with Gasteiger partial charge in [-0.2, -0.15) is 0 Å². The maximum Gasteiger partial charge on any atom is 0.129 e. The van der Waals surface area contributed by atoms with Gasteiger partial charge in [0.1, 0.15) is 11.5 Å². The molecule has 1 aromatic heterocycles. The van der Waals surface area contributed by atoms with Gasteiger partial charge in [-0.05, 0) is 144 Å². The molecule has 0 atom stereocenters. The molecule has 4 nitrogen and oxygen atoms in total. The number of fused-ring (bicyclic) bond motifs is 3. The smallest absolute Gasteiger partial charge is 0.129 e. The van der Waals surface area contributed by atoms with Crippen LogP contribution in [-0.4, -0.2) is 4.57 Å². The molecule has 0 bridgehead atoms. The number of para-hydroxylation sites is 3. The van der Waals surface area contributed by atoms with Crippen LogP contribution in [0.4, 0.5) is 22.7 Å².